The smallest absolute Gasteiger partial charge is 0.240 e. The average Bonchev–Trinajstić information content (AvgIpc) is 2.86. The summed E-state index contributed by atoms with van der Waals surface area (Å²) in [6.07, 6.45) is 2.89. The molecule has 3 N–H and O–H groups in total. The van der Waals surface area contributed by atoms with Gasteiger partial charge in [-0.3, -0.25) is 0 Å². The molecule has 0 heterocycles. The third-order valence-corrected chi connectivity index (χ3v) is 6.56. The largest absolute Gasteiger partial charge is 0.389 e. The highest BCUT2D eigenvalue weighted by Crippen LogP contribution is 2.30. The second kappa shape index (κ2) is 7.09. The van der Waals surface area contributed by atoms with Crippen molar-refractivity contribution in [2.75, 3.05) is 5.75 Å². The van der Waals surface area contributed by atoms with E-state index in [1.54, 1.807) is 24.3 Å². The molecule has 7 heteroatoms. The van der Waals surface area contributed by atoms with Crippen molar-refractivity contribution in [3.05, 3.63) is 29.8 Å². The lowest BCUT2D eigenvalue weighted by Crippen LogP contribution is -2.33. The number of thioether (sulfide) groups is 1. The zero-order chi connectivity index (χ0) is 15.5. The van der Waals surface area contributed by atoms with E-state index in [9.17, 15) is 8.42 Å². The Morgan fingerprint density at radius 1 is 1.38 bits per heavy atom. The van der Waals surface area contributed by atoms with Crippen molar-refractivity contribution in [3.8, 4) is 0 Å². The molecular weight excluding hydrogens is 324 g/mol. The van der Waals surface area contributed by atoms with Gasteiger partial charge in [0.1, 0.15) is 4.99 Å². The van der Waals surface area contributed by atoms with E-state index in [4.69, 9.17) is 18.0 Å². The van der Waals surface area contributed by atoms with Crippen LogP contribution in [0.25, 0.3) is 0 Å². The van der Waals surface area contributed by atoms with E-state index in [1.165, 1.54) is 0 Å². The Hall–Kier alpha value is -0.630. The van der Waals surface area contributed by atoms with Gasteiger partial charge in [-0.15, -0.1) is 0 Å². The first kappa shape index (κ1) is 16.7. The molecule has 0 amide bonds. The monoisotopic (exact) mass is 344 g/mol. The Balaban J connectivity index is 2.03. The second-order valence-corrected chi connectivity index (χ2v) is 8.83. The van der Waals surface area contributed by atoms with Gasteiger partial charge in [-0.05, 0) is 37.1 Å². The fraction of sp³-hybridized carbons (Fsp3) is 0.500. The van der Waals surface area contributed by atoms with Crippen LogP contribution < -0.4 is 10.5 Å². The number of benzene rings is 1. The number of nitrogens with two attached hydrogens (primary N) is 1. The molecule has 21 heavy (non-hydrogen) atoms. The molecule has 2 atom stereocenters. The van der Waals surface area contributed by atoms with Crippen LogP contribution >= 0.6 is 24.0 Å². The van der Waals surface area contributed by atoms with Gasteiger partial charge in [0.25, 0.3) is 0 Å². The van der Waals surface area contributed by atoms with E-state index < -0.39 is 10.0 Å². The summed E-state index contributed by atoms with van der Waals surface area (Å²) >= 11 is 6.77. The van der Waals surface area contributed by atoms with Crippen LogP contribution in [0.5, 0.6) is 0 Å². The second-order valence-electron chi connectivity index (χ2n) is 5.10. The summed E-state index contributed by atoms with van der Waals surface area (Å²) in [5.74, 6) is 1.07. The molecule has 0 aromatic heterocycles. The first-order valence-corrected chi connectivity index (χ1v) is 9.90. The minimum absolute atomic E-state index is 0.0364. The average molecular weight is 345 g/mol. The van der Waals surface area contributed by atoms with Crippen molar-refractivity contribution >= 4 is 39.0 Å². The number of hydrogen-bond donors (Lipinski definition) is 2. The van der Waals surface area contributed by atoms with E-state index in [1.807, 2.05) is 11.8 Å². The predicted molar refractivity (Wildman–Crippen MR) is 92.2 cm³/mol. The molecular formula is C14H20N2O2S3. The molecule has 0 bridgehead atoms. The molecule has 2 rings (SSSR count). The molecule has 1 saturated carbocycles. The van der Waals surface area contributed by atoms with Crippen molar-refractivity contribution in [2.45, 2.75) is 42.4 Å². The Bertz CT molecular complexity index is 599. The normalized spacial score (nSPS) is 22.3. The van der Waals surface area contributed by atoms with Crippen LogP contribution in [0.4, 0.5) is 0 Å². The van der Waals surface area contributed by atoms with Gasteiger partial charge < -0.3 is 5.73 Å². The SMILES string of the molecule is CCSC1CCC(NS(=O)(=O)c2ccc(C(N)=S)cc2)C1. The maximum absolute atomic E-state index is 12.4. The summed E-state index contributed by atoms with van der Waals surface area (Å²) in [6.45, 7) is 2.13. The van der Waals surface area contributed by atoms with Crippen LogP contribution in [0.1, 0.15) is 31.7 Å². The maximum Gasteiger partial charge on any atom is 0.240 e. The van der Waals surface area contributed by atoms with Crippen molar-refractivity contribution in [2.24, 2.45) is 5.73 Å². The van der Waals surface area contributed by atoms with Gasteiger partial charge in [0.05, 0.1) is 4.90 Å². The Morgan fingerprint density at radius 3 is 2.62 bits per heavy atom. The van der Waals surface area contributed by atoms with Crippen LogP contribution in [0, 0.1) is 0 Å². The third kappa shape index (κ3) is 4.42. The highest BCUT2D eigenvalue weighted by atomic mass is 32.2. The number of nitrogens with one attached hydrogen (secondary N) is 1. The minimum atomic E-state index is -3.47. The molecule has 0 aliphatic heterocycles. The fourth-order valence-electron chi connectivity index (χ4n) is 2.52. The van der Waals surface area contributed by atoms with Crippen LogP contribution in [0.2, 0.25) is 0 Å². The molecule has 1 aromatic rings. The molecule has 0 radical (unpaired) electrons. The first-order valence-electron chi connectivity index (χ1n) is 6.96. The number of sulfonamides is 1. The molecule has 0 spiro atoms. The predicted octanol–water partition coefficient (Wildman–Crippen LogP) is 2.27. The summed E-state index contributed by atoms with van der Waals surface area (Å²) in [4.78, 5) is 0.524. The van der Waals surface area contributed by atoms with Crippen molar-refractivity contribution < 1.29 is 8.42 Å². The topological polar surface area (TPSA) is 72.2 Å². The van der Waals surface area contributed by atoms with E-state index in [2.05, 4.69) is 11.6 Å². The summed E-state index contributed by atoms with van der Waals surface area (Å²) < 4.78 is 27.5. The van der Waals surface area contributed by atoms with E-state index in [0.29, 0.717) is 10.8 Å². The summed E-state index contributed by atoms with van der Waals surface area (Å²) in [7, 11) is -3.47. The zero-order valence-electron chi connectivity index (χ0n) is 11.9. The first-order chi connectivity index (χ1) is 9.92. The fourth-order valence-corrected chi connectivity index (χ4v) is 5.08. The van der Waals surface area contributed by atoms with Gasteiger partial charge in [0.15, 0.2) is 0 Å². The lowest BCUT2D eigenvalue weighted by Gasteiger charge is -2.14. The van der Waals surface area contributed by atoms with Crippen LogP contribution in [0.3, 0.4) is 0 Å². The Kier molecular flexibility index (Phi) is 5.65. The quantitative estimate of drug-likeness (QED) is 0.775. The van der Waals surface area contributed by atoms with E-state index >= 15 is 0 Å². The standard InChI is InChI=1S/C14H20N2O2S3/c1-2-20-12-6-5-11(9-12)16-21(17,18)13-7-3-10(4-8-13)14(15)19/h3-4,7-8,11-12,16H,2,5-6,9H2,1H3,(H2,15,19). The van der Waals surface area contributed by atoms with Gasteiger partial charge >= 0.3 is 0 Å². The van der Waals surface area contributed by atoms with Crippen LogP contribution in [-0.4, -0.2) is 30.5 Å². The van der Waals surface area contributed by atoms with Crippen LogP contribution in [0.15, 0.2) is 29.2 Å². The number of hydrogen-bond acceptors (Lipinski definition) is 4. The van der Waals surface area contributed by atoms with Crippen molar-refractivity contribution in [3.63, 3.8) is 0 Å². The lowest BCUT2D eigenvalue weighted by atomic mass is 10.2. The van der Waals surface area contributed by atoms with Gasteiger partial charge in [0, 0.05) is 16.9 Å². The lowest BCUT2D eigenvalue weighted by molar-refractivity contribution is 0.552. The van der Waals surface area contributed by atoms with E-state index in [0.717, 1.165) is 25.0 Å². The Morgan fingerprint density at radius 2 is 2.05 bits per heavy atom. The summed E-state index contributed by atoms with van der Waals surface area (Å²) in [5.41, 5.74) is 6.18. The molecule has 2 unspecified atom stereocenters. The zero-order valence-corrected chi connectivity index (χ0v) is 14.4. The van der Waals surface area contributed by atoms with E-state index in [-0.39, 0.29) is 15.9 Å². The number of rotatable bonds is 6. The molecule has 1 aromatic carbocycles. The number of thiocarbonyl (C=S) groups is 1. The molecule has 0 saturated heterocycles. The van der Waals surface area contributed by atoms with Crippen LogP contribution in [-0.2, 0) is 10.0 Å². The van der Waals surface area contributed by atoms with Crippen molar-refractivity contribution in [1.29, 1.82) is 0 Å². The molecule has 1 fully saturated rings. The van der Waals surface area contributed by atoms with Gasteiger partial charge in [-0.25, -0.2) is 13.1 Å². The van der Waals surface area contributed by atoms with Gasteiger partial charge in [-0.2, -0.15) is 11.8 Å². The Labute approximate surface area is 135 Å². The summed E-state index contributed by atoms with van der Waals surface area (Å²) in [5, 5.41) is 0.569. The molecule has 1 aliphatic carbocycles. The van der Waals surface area contributed by atoms with Gasteiger partial charge in [-0.1, -0.05) is 31.3 Å². The molecule has 4 nitrogen and oxygen atoms in total. The minimum Gasteiger partial charge on any atom is -0.389 e. The van der Waals surface area contributed by atoms with Gasteiger partial charge in [0.2, 0.25) is 10.0 Å². The third-order valence-electron chi connectivity index (χ3n) is 3.56. The maximum atomic E-state index is 12.4. The molecule has 1 aliphatic rings. The van der Waals surface area contributed by atoms with Crippen molar-refractivity contribution in [1.82, 2.24) is 4.72 Å². The molecule has 116 valence electrons. The highest BCUT2D eigenvalue weighted by Gasteiger charge is 2.28. The summed E-state index contributed by atoms with van der Waals surface area (Å²) in [6, 6.07) is 6.41. The highest BCUT2D eigenvalue weighted by molar-refractivity contribution is 7.99.